The average Bonchev–Trinajstić information content (AvgIpc) is 2.29. The van der Waals surface area contributed by atoms with E-state index in [2.05, 4.69) is 33.0 Å². The normalized spacial score (nSPS) is 13.7. The zero-order valence-electron chi connectivity index (χ0n) is 11.7. The summed E-state index contributed by atoms with van der Waals surface area (Å²) in [5.74, 6) is 0. The maximum absolute atomic E-state index is 6.29. The van der Waals surface area contributed by atoms with Gasteiger partial charge in [0.05, 0.1) is 0 Å². The summed E-state index contributed by atoms with van der Waals surface area (Å²) in [4.78, 5) is 0. The van der Waals surface area contributed by atoms with E-state index < -0.39 is 0 Å². The Hall–Kier alpha value is -0.240. The third-order valence-corrected chi connectivity index (χ3v) is 3.78. The Morgan fingerprint density at radius 3 is 2.56 bits per heavy atom. The van der Waals surface area contributed by atoms with Gasteiger partial charge in [-0.25, -0.2) is 0 Å². The van der Waals surface area contributed by atoms with Crippen LogP contribution in [0.1, 0.15) is 46.1 Å². The highest BCUT2D eigenvalue weighted by molar-refractivity contribution is 6.33. The van der Waals surface area contributed by atoms with Crippen LogP contribution in [0, 0.1) is 0 Å². The van der Waals surface area contributed by atoms with E-state index >= 15 is 0 Å². The van der Waals surface area contributed by atoms with Crippen molar-refractivity contribution in [2.45, 2.75) is 52.0 Å². The van der Waals surface area contributed by atoms with Crippen molar-refractivity contribution >= 4 is 23.2 Å². The van der Waals surface area contributed by atoms with E-state index in [-0.39, 0.29) is 5.41 Å². The Kier molecular flexibility index (Phi) is 5.97. The number of rotatable bonds is 6. The quantitative estimate of drug-likeness (QED) is 0.772. The van der Waals surface area contributed by atoms with Crippen LogP contribution in [-0.2, 0) is 5.41 Å². The molecular formula is C15H23Cl2N. The topological polar surface area (TPSA) is 12.0 Å². The smallest absolute Gasteiger partial charge is 0.0444 e. The van der Waals surface area contributed by atoms with Gasteiger partial charge in [-0.05, 0) is 55.5 Å². The minimum Gasteiger partial charge on any atom is -0.314 e. The number of hydrogen-bond donors (Lipinski definition) is 1. The Morgan fingerprint density at radius 1 is 1.28 bits per heavy atom. The van der Waals surface area contributed by atoms with Crippen LogP contribution in [0.25, 0.3) is 0 Å². The van der Waals surface area contributed by atoms with E-state index in [1.807, 2.05) is 18.2 Å². The van der Waals surface area contributed by atoms with E-state index in [1.165, 1.54) is 0 Å². The summed E-state index contributed by atoms with van der Waals surface area (Å²) in [5, 5.41) is 5.06. The molecule has 0 saturated heterocycles. The lowest BCUT2D eigenvalue weighted by Crippen LogP contribution is -2.33. The summed E-state index contributed by atoms with van der Waals surface area (Å²) in [6.45, 7) is 9.89. The van der Waals surface area contributed by atoms with Gasteiger partial charge < -0.3 is 5.32 Å². The molecule has 0 aliphatic heterocycles. The van der Waals surface area contributed by atoms with Crippen LogP contribution < -0.4 is 5.32 Å². The Labute approximate surface area is 121 Å². The van der Waals surface area contributed by atoms with Crippen molar-refractivity contribution in [3.05, 3.63) is 33.8 Å². The van der Waals surface area contributed by atoms with Crippen LogP contribution in [0.2, 0.25) is 10.0 Å². The van der Waals surface area contributed by atoms with Gasteiger partial charge in [0.25, 0.3) is 0 Å². The van der Waals surface area contributed by atoms with E-state index in [0.717, 1.165) is 35.0 Å². The minimum atomic E-state index is 0.0160. The summed E-state index contributed by atoms with van der Waals surface area (Å²) in [6.07, 6.45) is 2.19. The van der Waals surface area contributed by atoms with Gasteiger partial charge in [-0.3, -0.25) is 0 Å². The van der Waals surface area contributed by atoms with Crippen molar-refractivity contribution in [3.8, 4) is 0 Å². The third-order valence-electron chi connectivity index (χ3n) is 3.22. The monoisotopic (exact) mass is 287 g/mol. The predicted molar refractivity (Wildman–Crippen MR) is 81.9 cm³/mol. The van der Waals surface area contributed by atoms with Crippen LogP contribution in [0.15, 0.2) is 18.2 Å². The first-order valence-electron chi connectivity index (χ1n) is 6.55. The molecule has 102 valence electrons. The lowest BCUT2D eigenvalue weighted by molar-refractivity contribution is 0.390. The molecule has 1 rings (SSSR count). The van der Waals surface area contributed by atoms with Crippen LogP contribution in [0.3, 0.4) is 0 Å². The van der Waals surface area contributed by atoms with Gasteiger partial charge in [0.2, 0.25) is 0 Å². The highest BCUT2D eigenvalue weighted by atomic mass is 35.5. The van der Waals surface area contributed by atoms with Crippen molar-refractivity contribution in [1.29, 1.82) is 0 Å². The van der Waals surface area contributed by atoms with Gasteiger partial charge in [0, 0.05) is 16.1 Å². The fourth-order valence-electron chi connectivity index (χ4n) is 2.35. The first-order valence-corrected chi connectivity index (χ1v) is 7.31. The van der Waals surface area contributed by atoms with Gasteiger partial charge in [-0.15, -0.1) is 0 Å². The minimum absolute atomic E-state index is 0.0160. The highest BCUT2D eigenvalue weighted by Gasteiger charge is 2.25. The first kappa shape index (κ1) is 15.8. The first-order chi connectivity index (χ1) is 8.36. The summed E-state index contributed by atoms with van der Waals surface area (Å²) in [7, 11) is 0. The maximum atomic E-state index is 6.29. The molecule has 1 N–H and O–H groups in total. The molecule has 0 amide bonds. The molecule has 0 spiro atoms. The summed E-state index contributed by atoms with van der Waals surface area (Å²) in [5.41, 5.74) is 1.14. The van der Waals surface area contributed by atoms with E-state index in [4.69, 9.17) is 23.2 Å². The molecule has 0 fully saturated rings. The molecule has 1 unspecified atom stereocenters. The maximum Gasteiger partial charge on any atom is 0.0444 e. The molecule has 1 atom stereocenters. The van der Waals surface area contributed by atoms with Gasteiger partial charge in [-0.1, -0.05) is 44.0 Å². The molecular weight excluding hydrogens is 265 g/mol. The Morgan fingerprint density at radius 2 is 1.94 bits per heavy atom. The number of benzene rings is 1. The fourth-order valence-corrected chi connectivity index (χ4v) is 2.90. The number of hydrogen-bond acceptors (Lipinski definition) is 1. The van der Waals surface area contributed by atoms with Crippen molar-refractivity contribution in [2.75, 3.05) is 6.54 Å². The molecule has 1 nitrogen and oxygen atoms in total. The molecule has 1 aromatic rings. The van der Waals surface area contributed by atoms with E-state index in [9.17, 15) is 0 Å². The molecule has 0 aromatic heterocycles. The van der Waals surface area contributed by atoms with E-state index in [1.54, 1.807) is 0 Å². The van der Waals surface area contributed by atoms with Gasteiger partial charge in [0.1, 0.15) is 0 Å². The lowest BCUT2D eigenvalue weighted by atomic mass is 9.79. The SMILES string of the molecule is CCCNC(C)CC(C)(C)c1cc(Cl)ccc1Cl. The van der Waals surface area contributed by atoms with Crippen LogP contribution in [0.4, 0.5) is 0 Å². The second-order valence-corrected chi connectivity index (χ2v) is 6.41. The highest BCUT2D eigenvalue weighted by Crippen LogP contribution is 2.35. The molecule has 0 saturated carbocycles. The summed E-state index contributed by atoms with van der Waals surface area (Å²) in [6, 6.07) is 6.17. The standard InChI is InChI=1S/C15H23Cl2N/c1-5-8-18-11(2)10-15(3,4)13-9-12(16)6-7-14(13)17/h6-7,9,11,18H,5,8,10H2,1-4H3. The van der Waals surface area contributed by atoms with Crippen molar-refractivity contribution in [3.63, 3.8) is 0 Å². The summed E-state index contributed by atoms with van der Waals surface area (Å²) < 4.78 is 0. The molecule has 1 aromatic carbocycles. The number of nitrogens with one attached hydrogen (secondary N) is 1. The van der Waals surface area contributed by atoms with Crippen molar-refractivity contribution < 1.29 is 0 Å². The molecule has 0 bridgehead atoms. The molecule has 0 aliphatic rings. The molecule has 0 radical (unpaired) electrons. The van der Waals surface area contributed by atoms with Crippen LogP contribution >= 0.6 is 23.2 Å². The van der Waals surface area contributed by atoms with Gasteiger partial charge in [0.15, 0.2) is 0 Å². The average molecular weight is 288 g/mol. The van der Waals surface area contributed by atoms with Crippen LogP contribution in [-0.4, -0.2) is 12.6 Å². The molecule has 18 heavy (non-hydrogen) atoms. The number of halogens is 2. The van der Waals surface area contributed by atoms with Crippen molar-refractivity contribution in [2.24, 2.45) is 0 Å². The summed E-state index contributed by atoms with van der Waals surface area (Å²) >= 11 is 12.4. The van der Waals surface area contributed by atoms with Gasteiger partial charge >= 0.3 is 0 Å². The van der Waals surface area contributed by atoms with Crippen molar-refractivity contribution in [1.82, 2.24) is 5.32 Å². The lowest BCUT2D eigenvalue weighted by Gasteiger charge is -2.30. The fraction of sp³-hybridized carbons (Fsp3) is 0.600. The van der Waals surface area contributed by atoms with E-state index in [0.29, 0.717) is 6.04 Å². The molecule has 3 heteroatoms. The zero-order chi connectivity index (χ0) is 13.8. The largest absolute Gasteiger partial charge is 0.314 e. The molecule has 0 heterocycles. The second-order valence-electron chi connectivity index (χ2n) is 5.57. The molecule has 0 aliphatic carbocycles. The predicted octanol–water partition coefficient (Wildman–Crippen LogP) is 5.05. The Balaban J connectivity index is 2.81. The van der Waals surface area contributed by atoms with Crippen LogP contribution in [0.5, 0.6) is 0 Å². The second kappa shape index (κ2) is 6.79. The zero-order valence-corrected chi connectivity index (χ0v) is 13.2. The Bertz CT molecular complexity index is 388. The third kappa shape index (κ3) is 4.46. The van der Waals surface area contributed by atoms with Gasteiger partial charge in [-0.2, -0.15) is 0 Å².